The number of carboxylic acids is 1. The first-order chi connectivity index (χ1) is 9.88. The van der Waals surface area contributed by atoms with Gasteiger partial charge in [0.05, 0.1) is 6.42 Å². The lowest BCUT2D eigenvalue weighted by atomic mass is 9.88. The number of pyridine rings is 1. The van der Waals surface area contributed by atoms with E-state index < -0.39 is 5.97 Å². The summed E-state index contributed by atoms with van der Waals surface area (Å²) >= 11 is 0. The fraction of sp³-hybridized carbons (Fsp3) is 0.294. The third kappa shape index (κ3) is 3.45. The Morgan fingerprint density at radius 3 is 2.62 bits per heavy atom. The third-order valence-electron chi connectivity index (χ3n) is 3.41. The second kappa shape index (κ2) is 6.04. The molecule has 0 saturated carbocycles. The Morgan fingerprint density at radius 2 is 2.05 bits per heavy atom. The van der Waals surface area contributed by atoms with E-state index in [1.54, 1.807) is 12.3 Å². The van der Waals surface area contributed by atoms with Gasteiger partial charge in [0.1, 0.15) is 5.82 Å². The average molecular weight is 287 g/mol. The summed E-state index contributed by atoms with van der Waals surface area (Å²) in [5, 5.41) is 9.16. The van der Waals surface area contributed by atoms with Crippen molar-refractivity contribution in [3.63, 3.8) is 0 Å². The van der Waals surface area contributed by atoms with Crippen LogP contribution in [0, 0.1) is 12.7 Å². The summed E-state index contributed by atoms with van der Waals surface area (Å²) in [5.41, 5.74) is 3.64. The van der Waals surface area contributed by atoms with Crippen molar-refractivity contribution in [1.29, 1.82) is 0 Å². The Balaban J connectivity index is 2.70. The highest BCUT2D eigenvalue weighted by atomic mass is 19.1. The minimum atomic E-state index is -0.921. The Kier molecular flexibility index (Phi) is 4.36. The molecule has 0 unspecified atom stereocenters. The molecule has 21 heavy (non-hydrogen) atoms. The van der Waals surface area contributed by atoms with Crippen molar-refractivity contribution in [3.8, 4) is 11.1 Å². The van der Waals surface area contributed by atoms with E-state index in [1.807, 2.05) is 26.8 Å². The van der Waals surface area contributed by atoms with Crippen molar-refractivity contribution < 1.29 is 14.3 Å². The smallest absolute Gasteiger partial charge is 0.307 e. The summed E-state index contributed by atoms with van der Waals surface area (Å²) in [6, 6.07) is 6.45. The van der Waals surface area contributed by atoms with E-state index in [-0.39, 0.29) is 18.2 Å². The van der Waals surface area contributed by atoms with Crippen LogP contribution in [0.4, 0.5) is 4.39 Å². The molecule has 0 aliphatic heterocycles. The van der Waals surface area contributed by atoms with Crippen molar-refractivity contribution >= 4 is 5.97 Å². The van der Waals surface area contributed by atoms with Gasteiger partial charge < -0.3 is 5.11 Å². The lowest BCUT2D eigenvalue weighted by Gasteiger charge is -2.17. The first-order valence-electron chi connectivity index (χ1n) is 6.85. The Hall–Kier alpha value is -2.23. The summed E-state index contributed by atoms with van der Waals surface area (Å²) in [4.78, 5) is 15.3. The summed E-state index contributed by atoms with van der Waals surface area (Å²) < 4.78 is 13.9. The quantitative estimate of drug-likeness (QED) is 0.926. The largest absolute Gasteiger partial charge is 0.481 e. The van der Waals surface area contributed by atoms with Gasteiger partial charge in [0.25, 0.3) is 0 Å². The number of carbonyl (C=O) groups is 1. The first-order valence-corrected chi connectivity index (χ1v) is 6.85. The molecule has 110 valence electrons. The number of hydrogen-bond acceptors (Lipinski definition) is 2. The van der Waals surface area contributed by atoms with Gasteiger partial charge in [-0.2, -0.15) is 0 Å². The second-order valence-electron chi connectivity index (χ2n) is 5.43. The molecule has 2 rings (SSSR count). The predicted octanol–water partition coefficient (Wildman–Crippen LogP) is 3.95. The molecule has 0 atom stereocenters. The van der Waals surface area contributed by atoms with E-state index in [4.69, 9.17) is 5.11 Å². The second-order valence-corrected chi connectivity index (χ2v) is 5.43. The molecular formula is C17H18FNO2. The van der Waals surface area contributed by atoms with Crippen molar-refractivity contribution in [2.24, 2.45) is 0 Å². The van der Waals surface area contributed by atoms with Crippen molar-refractivity contribution in [2.45, 2.75) is 33.1 Å². The van der Waals surface area contributed by atoms with E-state index >= 15 is 0 Å². The number of hydrogen-bond donors (Lipinski definition) is 1. The standard InChI is InChI=1S/C17H18FNO2/c1-10(2)14-7-13(18)8-15(16(14)9-17(20)21)12-4-5-19-11(3)6-12/h4-8,10H,9H2,1-3H3,(H,20,21). The molecule has 1 heterocycles. The third-order valence-corrected chi connectivity index (χ3v) is 3.41. The molecule has 0 fully saturated rings. The van der Waals surface area contributed by atoms with Crippen LogP contribution in [-0.2, 0) is 11.2 Å². The van der Waals surface area contributed by atoms with Crippen LogP contribution in [0.1, 0.15) is 36.6 Å². The van der Waals surface area contributed by atoms with Gasteiger partial charge in [0.2, 0.25) is 0 Å². The van der Waals surface area contributed by atoms with Crippen LogP contribution in [-0.4, -0.2) is 16.1 Å². The zero-order valence-corrected chi connectivity index (χ0v) is 12.4. The van der Waals surface area contributed by atoms with E-state index in [0.29, 0.717) is 11.1 Å². The van der Waals surface area contributed by atoms with Gasteiger partial charge in [-0.25, -0.2) is 4.39 Å². The maximum atomic E-state index is 13.9. The topological polar surface area (TPSA) is 50.2 Å². The van der Waals surface area contributed by atoms with E-state index in [0.717, 1.165) is 16.8 Å². The highest BCUT2D eigenvalue weighted by Crippen LogP contribution is 2.32. The summed E-state index contributed by atoms with van der Waals surface area (Å²) in [6.45, 7) is 5.71. The maximum Gasteiger partial charge on any atom is 0.307 e. The minimum absolute atomic E-state index is 0.0525. The van der Waals surface area contributed by atoms with Gasteiger partial charge in [0.15, 0.2) is 0 Å². The fourth-order valence-electron chi connectivity index (χ4n) is 2.49. The van der Waals surface area contributed by atoms with Crippen LogP contribution in [0.5, 0.6) is 0 Å². The molecule has 0 aliphatic rings. The Morgan fingerprint density at radius 1 is 1.33 bits per heavy atom. The molecule has 2 aromatic rings. The zero-order chi connectivity index (χ0) is 15.6. The maximum absolute atomic E-state index is 13.9. The van der Waals surface area contributed by atoms with E-state index in [2.05, 4.69) is 4.98 Å². The number of nitrogens with zero attached hydrogens (tertiary/aromatic N) is 1. The number of aromatic nitrogens is 1. The molecule has 0 bridgehead atoms. The van der Waals surface area contributed by atoms with Gasteiger partial charge >= 0.3 is 5.97 Å². The number of aliphatic carboxylic acids is 1. The Bertz CT molecular complexity index is 680. The van der Waals surface area contributed by atoms with Crippen molar-refractivity contribution in [2.75, 3.05) is 0 Å². The first kappa shape index (κ1) is 15.2. The van der Waals surface area contributed by atoms with Gasteiger partial charge in [-0.3, -0.25) is 9.78 Å². The summed E-state index contributed by atoms with van der Waals surface area (Å²) in [7, 11) is 0. The molecular weight excluding hydrogens is 269 g/mol. The van der Waals surface area contributed by atoms with Gasteiger partial charge in [-0.05, 0) is 59.4 Å². The van der Waals surface area contributed by atoms with Gasteiger partial charge in [-0.15, -0.1) is 0 Å². The highest BCUT2D eigenvalue weighted by Gasteiger charge is 2.17. The summed E-state index contributed by atoms with van der Waals surface area (Å²) in [6.07, 6.45) is 1.53. The Labute approximate surface area is 123 Å². The van der Waals surface area contributed by atoms with Crippen molar-refractivity contribution in [1.82, 2.24) is 4.98 Å². The molecule has 0 radical (unpaired) electrons. The van der Waals surface area contributed by atoms with Crippen LogP contribution in [0.3, 0.4) is 0 Å². The number of halogens is 1. The van der Waals surface area contributed by atoms with Crippen molar-refractivity contribution in [3.05, 3.63) is 53.1 Å². The van der Waals surface area contributed by atoms with Crippen LogP contribution < -0.4 is 0 Å². The van der Waals surface area contributed by atoms with Gasteiger partial charge in [0, 0.05) is 11.9 Å². The number of carboxylic acid groups (broad SMARTS) is 1. The molecule has 0 aliphatic carbocycles. The molecule has 1 N–H and O–H groups in total. The molecule has 0 spiro atoms. The minimum Gasteiger partial charge on any atom is -0.481 e. The number of benzene rings is 1. The highest BCUT2D eigenvalue weighted by molar-refractivity contribution is 5.78. The molecule has 1 aromatic carbocycles. The van der Waals surface area contributed by atoms with E-state index in [1.165, 1.54) is 12.1 Å². The predicted molar refractivity (Wildman–Crippen MR) is 79.8 cm³/mol. The number of aryl methyl sites for hydroxylation is 1. The monoisotopic (exact) mass is 287 g/mol. The fourth-order valence-corrected chi connectivity index (χ4v) is 2.49. The molecule has 4 heteroatoms. The molecule has 0 amide bonds. The van der Waals surface area contributed by atoms with Crippen LogP contribution in [0.25, 0.3) is 11.1 Å². The average Bonchev–Trinajstić information content (AvgIpc) is 2.39. The summed E-state index contributed by atoms with van der Waals surface area (Å²) in [5.74, 6) is -1.22. The van der Waals surface area contributed by atoms with E-state index in [9.17, 15) is 9.18 Å². The lowest BCUT2D eigenvalue weighted by molar-refractivity contribution is -0.136. The molecule has 1 aromatic heterocycles. The van der Waals surface area contributed by atoms with Crippen LogP contribution in [0.2, 0.25) is 0 Å². The lowest BCUT2D eigenvalue weighted by Crippen LogP contribution is -2.08. The van der Waals surface area contributed by atoms with Crippen LogP contribution in [0.15, 0.2) is 30.5 Å². The number of rotatable bonds is 4. The van der Waals surface area contributed by atoms with Crippen LogP contribution >= 0.6 is 0 Å². The SMILES string of the molecule is Cc1cc(-c2cc(F)cc(C(C)C)c2CC(=O)O)ccn1. The molecule has 3 nitrogen and oxygen atoms in total. The normalized spacial score (nSPS) is 10.9. The molecule has 0 saturated heterocycles. The van der Waals surface area contributed by atoms with Gasteiger partial charge in [-0.1, -0.05) is 13.8 Å². The zero-order valence-electron chi connectivity index (χ0n) is 12.4.